The molecule has 0 fully saturated rings. The lowest BCUT2D eigenvalue weighted by atomic mass is 10.2. The van der Waals surface area contributed by atoms with Crippen LogP contribution in [0.1, 0.15) is 29.8 Å². The third-order valence-corrected chi connectivity index (χ3v) is 5.28. The fourth-order valence-electron chi connectivity index (χ4n) is 2.38. The molecule has 0 spiro atoms. The molecule has 0 aliphatic heterocycles. The molecule has 0 radical (unpaired) electrons. The average molecular weight is 404 g/mol. The van der Waals surface area contributed by atoms with Gasteiger partial charge in [-0.05, 0) is 55.8 Å². The first-order valence-electron chi connectivity index (χ1n) is 8.65. The first-order chi connectivity index (χ1) is 13.2. The van der Waals surface area contributed by atoms with Gasteiger partial charge in [0.2, 0.25) is 10.0 Å². The van der Waals surface area contributed by atoms with Gasteiger partial charge < -0.3 is 16.2 Å². The van der Waals surface area contributed by atoms with E-state index in [0.717, 1.165) is 5.56 Å². The van der Waals surface area contributed by atoms with Gasteiger partial charge >= 0.3 is 5.97 Å². The van der Waals surface area contributed by atoms with Crippen molar-refractivity contribution in [3.8, 4) is 0 Å². The maximum Gasteiger partial charge on any atom is 0.338 e. The molecule has 8 nitrogen and oxygen atoms in total. The number of nitrogens with one attached hydrogen (secondary N) is 1. The molecule has 150 valence electrons. The van der Waals surface area contributed by atoms with Gasteiger partial charge in [0.15, 0.2) is 5.96 Å². The van der Waals surface area contributed by atoms with E-state index in [1.807, 2.05) is 0 Å². The number of aliphatic imine (C=N–C) groups is 1. The topological polar surface area (TPSA) is 137 Å². The van der Waals surface area contributed by atoms with Crippen molar-refractivity contribution in [3.05, 3.63) is 59.7 Å². The van der Waals surface area contributed by atoms with Crippen LogP contribution in [0, 0.1) is 0 Å². The van der Waals surface area contributed by atoms with Crippen LogP contribution in [0.2, 0.25) is 0 Å². The van der Waals surface area contributed by atoms with Gasteiger partial charge in [-0.1, -0.05) is 12.1 Å². The van der Waals surface area contributed by atoms with E-state index in [1.165, 1.54) is 12.1 Å². The van der Waals surface area contributed by atoms with Crippen molar-refractivity contribution >= 4 is 27.6 Å². The first kappa shape index (κ1) is 21.4. The highest BCUT2D eigenvalue weighted by Crippen LogP contribution is 2.14. The smallest absolute Gasteiger partial charge is 0.338 e. The van der Waals surface area contributed by atoms with Gasteiger partial charge in [0.05, 0.1) is 22.8 Å². The molecule has 0 heterocycles. The minimum absolute atomic E-state index is 0.0610. The van der Waals surface area contributed by atoms with Gasteiger partial charge in [0.1, 0.15) is 0 Å². The first-order valence-corrected chi connectivity index (χ1v) is 10.1. The fourth-order valence-corrected chi connectivity index (χ4v) is 3.63. The Kier molecular flexibility index (Phi) is 7.13. The van der Waals surface area contributed by atoms with Crippen LogP contribution in [-0.4, -0.2) is 33.0 Å². The molecule has 0 bridgehead atoms. The number of carbonyl (C=O) groups is 1. The van der Waals surface area contributed by atoms with E-state index in [9.17, 15) is 13.2 Å². The molecule has 0 amide bonds. The van der Waals surface area contributed by atoms with E-state index < -0.39 is 16.0 Å². The Morgan fingerprint density at radius 2 is 1.68 bits per heavy atom. The highest BCUT2D eigenvalue weighted by Gasteiger charge is 2.15. The van der Waals surface area contributed by atoms with Crippen LogP contribution in [0.15, 0.2) is 58.4 Å². The normalized spacial score (nSPS) is 11.2. The van der Waals surface area contributed by atoms with E-state index in [1.54, 1.807) is 50.2 Å². The zero-order valence-corrected chi connectivity index (χ0v) is 16.6. The summed E-state index contributed by atoms with van der Waals surface area (Å²) in [5, 5.41) is 0. The number of guanidine groups is 1. The van der Waals surface area contributed by atoms with Gasteiger partial charge in [-0.3, -0.25) is 0 Å². The summed E-state index contributed by atoms with van der Waals surface area (Å²) in [7, 11) is -3.52. The lowest BCUT2D eigenvalue weighted by molar-refractivity contribution is 0.0509. The lowest BCUT2D eigenvalue weighted by Crippen LogP contribution is -2.30. The van der Waals surface area contributed by atoms with E-state index in [-0.39, 0.29) is 23.5 Å². The molecule has 9 heteroatoms. The standard InChI is InChI=1S/C19H24N4O4S/c1-13(2)23-28(25,26)17-9-3-14(4-10-17)11-12-27-18(24)15-5-7-16(8-6-15)22-19(20)21/h3-10,13,23H,11-12H2,1-2H3,(H4,20,21,22). The number of sulfonamides is 1. The Bertz CT molecular complexity index is 933. The number of hydrogen-bond donors (Lipinski definition) is 3. The van der Waals surface area contributed by atoms with Crippen molar-refractivity contribution in [2.45, 2.75) is 31.2 Å². The van der Waals surface area contributed by atoms with Gasteiger partial charge in [-0.15, -0.1) is 0 Å². The van der Waals surface area contributed by atoms with Gasteiger partial charge in [0.25, 0.3) is 0 Å². The van der Waals surface area contributed by atoms with Gasteiger partial charge in [-0.25, -0.2) is 22.9 Å². The Hall–Kier alpha value is -2.91. The summed E-state index contributed by atoms with van der Waals surface area (Å²) in [6.45, 7) is 3.69. The van der Waals surface area contributed by atoms with Crippen LogP contribution < -0.4 is 16.2 Å². The highest BCUT2D eigenvalue weighted by atomic mass is 32.2. The molecule has 0 aromatic heterocycles. The van der Waals surface area contributed by atoms with Crippen LogP contribution in [0.3, 0.4) is 0 Å². The van der Waals surface area contributed by atoms with Crippen LogP contribution in [0.4, 0.5) is 5.69 Å². The van der Waals surface area contributed by atoms with Crippen molar-refractivity contribution < 1.29 is 17.9 Å². The fraction of sp³-hybridized carbons (Fsp3) is 0.263. The summed E-state index contributed by atoms with van der Waals surface area (Å²) in [6.07, 6.45) is 0.468. The molecule has 2 rings (SSSR count). The van der Waals surface area contributed by atoms with Gasteiger partial charge in [-0.2, -0.15) is 0 Å². The third-order valence-electron chi connectivity index (χ3n) is 3.61. The highest BCUT2D eigenvalue weighted by molar-refractivity contribution is 7.89. The van der Waals surface area contributed by atoms with Crippen molar-refractivity contribution in [2.24, 2.45) is 16.5 Å². The molecule has 5 N–H and O–H groups in total. The van der Waals surface area contributed by atoms with E-state index >= 15 is 0 Å². The molecular formula is C19H24N4O4S. The summed E-state index contributed by atoms with van der Waals surface area (Å²) < 4.78 is 32.0. The van der Waals surface area contributed by atoms with Gasteiger partial charge in [0, 0.05) is 12.5 Å². The molecule has 0 saturated heterocycles. The minimum Gasteiger partial charge on any atom is -0.462 e. The minimum atomic E-state index is -3.52. The zero-order valence-electron chi connectivity index (χ0n) is 15.8. The van der Waals surface area contributed by atoms with Crippen molar-refractivity contribution in [1.82, 2.24) is 4.72 Å². The predicted molar refractivity (Wildman–Crippen MR) is 108 cm³/mol. The monoisotopic (exact) mass is 404 g/mol. The predicted octanol–water partition coefficient (Wildman–Crippen LogP) is 1.68. The van der Waals surface area contributed by atoms with E-state index in [2.05, 4.69) is 9.71 Å². The van der Waals surface area contributed by atoms with Crippen LogP contribution in [0.5, 0.6) is 0 Å². The van der Waals surface area contributed by atoms with E-state index in [4.69, 9.17) is 16.2 Å². The number of ether oxygens (including phenoxy) is 1. The number of rotatable bonds is 8. The second-order valence-corrected chi connectivity index (χ2v) is 8.10. The van der Waals surface area contributed by atoms with Crippen molar-refractivity contribution in [1.29, 1.82) is 0 Å². The summed E-state index contributed by atoms with van der Waals surface area (Å²) >= 11 is 0. The van der Waals surface area contributed by atoms with E-state index in [0.29, 0.717) is 17.7 Å². The number of nitrogens with zero attached hydrogens (tertiary/aromatic N) is 1. The van der Waals surface area contributed by atoms with Crippen LogP contribution in [-0.2, 0) is 21.2 Å². The molecule has 2 aromatic carbocycles. The summed E-state index contributed by atoms with van der Waals surface area (Å²) in [6, 6.07) is 12.7. The Balaban J connectivity index is 1.89. The van der Waals surface area contributed by atoms with Crippen molar-refractivity contribution in [2.75, 3.05) is 6.61 Å². The maximum absolute atomic E-state index is 12.1. The molecule has 28 heavy (non-hydrogen) atoms. The quantitative estimate of drug-likeness (QED) is 0.348. The second-order valence-electron chi connectivity index (χ2n) is 6.39. The lowest BCUT2D eigenvalue weighted by Gasteiger charge is -2.10. The molecule has 0 saturated carbocycles. The number of hydrogen-bond acceptors (Lipinski definition) is 5. The van der Waals surface area contributed by atoms with Crippen LogP contribution in [0.25, 0.3) is 0 Å². The third kappa shape index (κ3) is 6.36. The molecule has 0 atom stereocenters. The Morgan fingerprint density at radius 3 is 2.21 bits per heavy atom. The summed E-state index contributed by atoms with van der Waals surface area (Å²) in [5.74, 6) is -0.522. The average Bonchev–Trinajstić information content (AvgIpc) is 2.61. The number of benzene rings is 2. The van der Waals surface area contributed by atoms with Crippen molar-refractivity contribution in [3.63, 3.8) is 0 Å². The summed E-state index contributed by atoms with van der Waals surface area (Å²) in [5.41, 5.74) is 12.4. The molecule has 0 aliphatic carbocycles. The number of carbonyl (C=O) groups excluding carboxylic acids is 1. The molecule has 0 aliphatic rings. The SMILES string of the molecule is CC(C)NS(=O)(=O)c1ccc(CCOC(=O)c2ccc(N=C(N)N)cc2)cc1. The zero-order chi connectivity index (χ0) is 20.7. The maximum atomic E-state index is 12.1. The Morgan fingerprint density at radius 1 is 1.07 bits per heavy atom. The summed E-state index contributed by atoms with van der Waals surface area (Å²) in [4.78, 5) is 16.1. The largest absolute Gasteiger partial charge is 0.462 e. The Labute approximate surface area is 164 Å². The molecule has 0 unspecified atom stereocenters. The number of esters is 1. The number of nitrogens with two attached hydrogens (primary N) is 2. The molecule has 2 aromatic rings. The molecular weight excluding hydrogens is 380 g/mol. The van der Waals surface area contributed by atoms with Crippen LogP contribution >= 0.6 is 0 Å². The second kappa shape index (κ2) is 9.34.